The van der Waals surface area contributed by atoms with Crippen LogP contribution in [0.2, 0.25) is 0 Å². The fraction of sp³-hybridized carbons (Fsp3) is 0.286. The van der Waals surface area contributed by atoms with Gasteiger partial charge in [0, 0.05) is 24.4 Å². The summed E-state index contributed by atoms with van der Waals surface area (Å²) >= 11 is 0. The van der Waals surface area contributed by atoms with E-state index in [-0.39, 0.29) is 5.84 Å². The highest BCUT2D eigenvalue weighted by molar-refractivity contribution is 5.94. The van der Waals surface area contributed by atoms with Gasteiger partial charge in [0.25, 0.3) is 0 Å². The van der Waals surface area contributed by atoms with Crippen molar-refractivity contribution < 1.29 is 4.74 Å². The molecule has 0 unspecified atom stereocenters. The first kappa shape index (κ1) is 13.1. The maximum Gasteiger partial charge on any atom is 0.122 e. The van der Waals surface area contributed by atoms with Crippen molar-refractivity contribution in [1.82, 2.24) is 9.55 Å². The first-order valence-corrected chi connectivity index (χ1v) is 6.28. The molecule has 19 heavy (non-hydrogen) atoms. The molecule has 1 aromatic heterocycles. The summed E-state index contributed by atoms with van der Waals surface area (Å²) in [5.74, 6) is 1.91. The minimum atomic E-state index is 0.0672. The number of ether oxygens (including phenoxy) is 1. The number of aryl methyl sites for hydroxylation is 1. The molecule has 2 aromatic rings. The van der Waals surface area contributed by atoms with Crippen molar-refractivity contribution in [2.24, 2.45) is 5.73 Å². The third kappa shape index (κ3) is 3.34. The summed E-state index contributed by atoms with van der Waals surface area (Å²) in [4.78, 5) is 4.26. The van der Waals surface area contributed by atoms with Crippen LogP contribution in [0.1, 0.15) is 18.3 Å². The van der Waals surface area contributed by atoms with Gasteiger partial charge in [0.05, 0.1) is 6.54 Å². The molecule has 0 aliphatic heterocycles. The van der Waals surface area contributed by atoms with Crippen molar-refractivity contribution in [3.05, 3.63) is 48.0 Å². The molecule has 0 saturated heterocycles. The molecular weight excluding hydrogens is 240 g/mol. The third-order valence-corrected chi connectivity index (χ3v) is 2.88. The lowest BCUT2D eigenvalue weighted by Gasteiger charge is -2.09. The predicted octanol–water partition coefficient (Wildman–Crippen LogP) is 1.81. The van der Waals surface area contributed by atoms with Crippen LogP contribution in [0.3, 0.4) is 0 Å². The summed E-state index contributed by atoms with van der Waals surface area (Å²) in [6.45, 7) is 3.45. The third-order valence-electron chi connectivity index (χ3n) is 2.88. The van der Waals surface area contributed by atoms with Crippen LogP contribution < -0.4 is 10.5 Å². The topological polar surface area (TPSA) is 76.9 Å². The second-order valence-electron chi connectivity index (χ2n) is 4.18. The number of hydrogen-bond donors (Lipinski definition) is 2. The molecule has 2 rings (SSSR count). The fourth-order valence-corrected chi connectivity index (χ4v) is 1.85. The number of benzene rings is 1. The van der Waals surface area contributed by atoms with Crippen LogP contribution in [-0.4, -0.2) is 22.0 Å². The van der Waals surface area contributed by atoms with Gasteiger partial charge < -0.3 is 15.0 Å². The lowest BCUT2D eigenvalue weighted by atomic mass is 10.2. The number of amidine groups is 1. The lowest BCUT2D eigenvalue weighted by molar-refractivity contribution is 0.296. The van der Waals surface area contributed by atoms with Crippen molar-refractivity contribution in [2.45, 2.75) is 19.9 Å². The van der Waals surface area contributed by atoms with Crippen LogP contribution in [-0.2, 0) is 13.0 Å². The lowest BCUT2D eigenvalue weighted by Crippen LogP contribution is -2.11. The maximum absolute atomic E-state index is 7.31. The largest absolute Gasteiger partial charge is 0.492 e. The van der Waals surface area contributed by atoms with E-state index >= 15 is 0 Å². The molecule has 0 spiro atoms. The van der Waals surface area contributed by atoms with Crippen molar-refractivity contribution in [3.8, 4) is 5.75 Å². The Morgan fingerprint density at radius 3 is 2.74 bits per heavy atom. The van der Waals surface area contributed by atoms with Gasteiger partial charge in [-0.15, -0.1) is 0 Å². The molecule has 1 aromatic carbocycles. The van der Waals surface area contributed by atoms with Crippen LogP contribution in [0.4, 0.5) is 0 Å². The Hall–Kier alpha value is -2.30. The predicted molar refractivity (Wildman–Crippen MR) is 74.6 cm³/mol. The van der Waals surface area contributed by atoms with Gasteiger partial charge in [-0.3, -0.25) is 5.41 Å². The van der Waals surface area contributed by atoms with Gasteiger partial charge in [-0.2, -0.15) is 0 Å². The van der Waals surface area contributed by atoms with Gasteiger partial charge in [-0.25, -0.2) is 4.98 Å². The molecule has 0 bridgehead atoms. The molecule has 0 radical (unpaired) electrons. The minimum Gasteiger partial charge on any atom is -0.492 e. The van der Waals surface area contributed by atoms with E-state index in [4.69, 9.17) is 15.9 Å². The Morgan fingerprint density at radius 1 is 1.37 bits per heavy atom. The van der Waals surface area contributed by atoms with Crippen molar-refractivity contribution in [1.29, 1.82) is 5.41 Å². The normalized spacial score (nSPS) is 10.4. The highest BCUT2D eigenvalue weighted by Crippen LogP contribution is 2.12. The van der Waals surface area contributed by atoms with Gasteiger partial charge in [0.1, 0.15) is 24.0 Å². The maximum atomic E-state index is 7.31. The van der Waals surface area contributed by atoms with E-state index in [0.29, 0.717) is 12.2 Å². The molecule has 100 valence electrons. The zero-order valence-electron chi connectivity index (χ0n) is 11.0. The van der Waals surface area contributed by atoms with E-state index in [9.17, 15) is 0 Å². The summed E-state index contributed by atoms with van der Waals surface area (Å²) in [5.41, 5.74) is 6.10. The number of nitrogens with two attached hydrogens (primary N) is 1. The first-order valence-electron chi connectivity index (χ1n) is 6.28. The first-order chi connectivity index (χ1) is 9.20. The second kappa shape index (κ2) is 6.04. The van der Waals surface area contributed by atoms with E-state index in [1.807, 2.05) is 18.3 Å². The second-order valence-corrected chi connectivity index (χ2v) is 4.18. The number of aromatic nitrogens is 2. The van der Waals surface area contributed by atoms with Crippen molar-refractivity contribution >= 4 is 5.84 Å². The van der Waals surface area contributed by atoms with E-state index in [0.717, 1.165) is 24.5 Å². The zero-order valence-corrected chi connectivity index (χ0v) is 11.0. The molecule has 0 saturated carbocycles. The summed E-state index contributed by atoms with van der Waals surface area (Å²) in [7, 11) is 0. The smallest absolute Gasteiger partial charge is 0.122 e. The van der Waals surface area contributed by atoms with Gasteiger partial charge in [-0.05, 0) is 24.3 Å². The highest BCUT2D eigenvalue weighted by Gasteiger charge is 2.01. The number of rotatable bonds is 6. The molecule has 5 nitrogen and oxygen atoms in total. The number of imidazole rings is 1. The van der Waals surface area contributed by atoms with Crippen LogP contribution in [0, 0.1) is 5.41 Å². The monoisotopic (exact) mass is 258 g/mol. The van der Waals surface area contributed by atoms with Crippen LogP contribution in [0.5, 0.6) is 5.75 Å². The number of nitrogens with zero attached hydrogens (tertiary/aromatic N) is 2. The summed E-state index contributed by atoms with van der Waals surface area (Å²) < 4.78 is 7.74. The van der Waals surface area contributed by atoms with E-state index in [1.54, 1.807) is 18.3 Å². The van der Waals surface area contributed by atoms with Crippen LogP contribution in [0.15, 0.2) is 36.7 Å². The fourth-order valence-electron chi connectivity index (χ4n) is 1.85. The Balaban J connectivity index is 1.87. The molecule has 0 aliphatic carbocycles. The SMILES string of the molecule is CCc1nccn1CCOc1ccc(C(=N)N)cc1. The molecule has 0 amide bonds. The summed E-state index contributed by atoms with van der Waals surface area (Å²) in [5, 5.41) is 7.31. The molecule has 0 aliphatic rings. The average molecular weight is 258 g/mol. The number of hydrogen-bond acceptors (Lipinski definition) is 3. The molecule has 0 fully saturated rings. The van der Waals surface area contributed by atoms with Gasteiger partial charge in [-0.1, -0.05) is 6.92 Å². The highest BCUT2D eigenvalue weighted by atomic mass is 16.5. The summed E-state index contributed by atoms with van der Waals surface area (Å²) in [6.07, 6.45) is 4.68. The average Bonchev–Trinajstić information content (AvgIpc) is 2.87. The van der Waals surface area contributed by atoms with Crippen molar-refractivity contribution in [3.63, 3.8) is 0 Å². The minimum absolute atomic E-state index is 0.0672. The molecule has 1 heterocycles. The number of nitrogens with one attached hydrogen (secondary N) is 1. The van der Waals surface area contributed by atoms with Gasteiger partial charge in [0.2, 0.25) is 0 Å². The van der Waals surface area contributed by atoms with E-state index in [1.165, 1.54) is 0 Å². The molecular formula is C14H18N4O. The Kier molecular flexibility index (Phi) is 4.18. The zero-order chi connectivity index (χ0) is 13.7. The molecule has 3 N–H and O–H groups in total. The quantitative estimate of drug-likeness (QED) is 0.612. The van der Waals surface area contributed by atoms with E-state index in [2.05, 4.69) is 16.5 Å². The molecule has 5 heteroatoms. The van der Waals surface area contributed by atoms with Gasteiger partial charge >= 0.3 is 0 Å². The summed E-state index contributed by atoms with van der Waals surface area (Å²) in [6, 6.07) is 7.22. The van der Waals surface area contributed by atoms with Crippen molar-refractivity contribution in [2.75, 3.05) is 6.61 Å². The standard InChI is InChI=1S/C14H18N4O/c1-2-13-17-7-8-18(13)9-10-19-12-5-3-11(4-6-12)14(15)16/h3-8H,2,9-10H2,1H3,(H3,15,16). The molecule has 0 atom stereocenters. The Labute approximate surface area is 112 Å². The van der Waals surface area contributed by atoms with E-state index < -0.39 is 0 Å². The number of nitrogen functional groups attached to an aromatic ring is 1. The Morgan fingerprint density at radius 2 is 2.11 bits per heavy atom. The Bertz CT molecular complexity index is 545. The van der Waals surface area contributed by atoms with Crippen LogP contribution in [0.25, 0.3) is 0 Å². The van der Waals surface area contributed by atoms with Gasteiger partial charge in [0.15, 0.2) is 0 Å². The van der Waals surface area contributed by atoms with Crippen LogP contribution >= 0.6 is 0 Å².